The quantitative estimate of drug-likeness (QED) is 0.844. The lowest BCUT2D eigenvalue weighted by Gasteiger charge is -2.31. The summed E-state index contributed by atoms with van der Waals surface area (Å²) in [7, 11) is 0. The molecule has 1 aromatic rings. The van der Waals surface area contributed by atoms with Crippen LogP contribution in [0.2, 0.25) is 0 Å². The summed E-state index contributed by atoms with van der Waals surface area (Å²) in [5.74, 6) is -1.31. The second-order valence-corrected chi connectivity index (χ2v) is 6.30. The number of urea groups is 1. The summed E-state index contributed by atoms with van der Waals surface area (Å²) in [6.07, 6.45) is -2.97. The lowest BCUT2D eigenvalue weighted by molar-refractivity contribution is -0.183. The van der Waals surface area contributed by atoms with Crippen LogP contribution in [-0.4, -0.2) is 18.2 Å². The van der Waals surface area contributed by atoms with E-state index >= 15 is 0 Å². The molecule has 0 aliphatic heterocycles. The van der Waals surface area contributed by atoms with E-state index in [2.05, 4.69) is 10.6 Å². The van der Waals surface area contributed by atoms with Gasteiger partial charge in [-0.25, -0.2) is 4.79 Å². The molecule has 3 atom stereocenters. The molecular weight excluding hydrogens is 305 g/mol. The number of carbonyl (C=O) groups is 1. The average Bonchev–Trinajstić information content (AvgIpc) is 2.46. The highest BCUT2D eigenvalue weighted by molar-refractivity contribution is 5.74. The average molecular weight is 328 g/mol. The lowest BCUT2D eigenvalue weighted by Crippen LogP contribution is -2.46. The maximum absolute atomic E-state index is 12.8. The number of aryl methyl sites for hydroxylation is 1. The largest absolute Gasteiger partial charge is 0.391 e. The van der Waals surface area contributed by atoms with Crippen LogP contribution in [0, 0.1) is 12.8 Å². The summed E-state index contributed by atoms with van der Waals surface area (Å²) in [5.41, 5.74) is 2.06. The molecule has 0 spiro atoms. The first kappa shape index (κ1) is 17.6. The van der Waals surface area contributed by atoms with Crippen LogP contribution in [0.15, 0.2) is 24.3 Å². The molecule has 0 heterocycles. The predicted octanol–water partition coefficient (Wildman–Crippen LogP) is 4.48. The topological polar surface area (TPSA) is 41.1 Å². The van der Waals surface area contributed by atoms with Gasteiger partial charge in [0.25, 0.3) is 0 Å². The first-order valence-electron chi connectivity index (χ1n) is 7.96. The number of benzene rings is 1. The number of amides is 2. The molecule has 0 radical (unpaired) electrons. The Bertz CT molecular complexity index is 545. The molecule has 1 aromatic carbocycles. The van der Waals surface area contributed by atoms with Crippen LogP contribution in [0.1, 0.15) is 49.8 Å². The monoisotopic (exact) mass is 328 g/mol. The highest BCUT2D eigenvalue weighted by Crippen LogP contribution is 2.37. The van der Waals surface area contributed by atoms with Gasteiger partial charge in [0, 0.05) is 6.04 Å². The second-order valence-electron chi connectivity index (χ2n) is 6.30. The van der Waals surface area contributed by atoms with E-state index in [-0.39, 0.29) is 18.9 Å². The molecule has 2 N–H and O–H groups in total. The zero-order valence-corrected chi connectivity index (χ0v) is 13.4. The van der Waals surface area contributed by atoms with Crippen LogP contribution < -0.4 is 10.6 Å². The molecule has 6 heteroatoms. The zero-order valence-electron chi connectivity index (χ0n) is 13.4. The number of alkyl halides is 3. The Hall–Kier alpha value is -1.72. The van der Waals surface area contributed by atoms with Crippen molar-refractivity contribution in [1.29, 1.82) is 0 Å². The van der Waals surface area contributed by atoms with Gasteiger partial charge >= 0.3 is 12.2 Å². The lowest BCUT2D eigenvalue weighted by atomic mass is 9.85. The van der Waals surface area contributed by atoms with Crippen LogP contribution in [0.25, 0.3) is 0 Å². The SMILES string of the molecule is Cc1ccccc1[C@H](C)NC(=O)N[C@H]1CCC[C@H](C(F)(F)F)C1. The van der Waals surface area contributed by atoms with Gasteiger partial charge in [0.15, 0.2) is 0 Å². The number of nitrogens with one attached hydrogen (secondary N) is 2. The van der Waals surface area contributed by atoms with Crippen molar-refractivity contribution in [2.75, 3.05) is 0 Å². The maximum Gasteiger partial charge on any atom is 0.391 e. The first-order valence-corrected chi connectivity index (χ1v) is 7.96. The zero-order chi connectivity index (χ0) is 17.0. The minimum absolute atomic E-state index is 0.0321. The summed E-state index contributed by atoms with van der Waals surface area (Å²) in [4.78, 5) is 12.1. The molecule has 2 amide bonds. The number of rotatable bonds is 3. The van der Waals surface area contributed by atoms with Crippen LogP contribution in [0.4, 0.5) is 18.0 Å². The summed E-state index contributed by atoms with van der Waals surface area (Å²) < 4.78 is 38.4. The van der Waals surface area contributed by atoms with Gasteiger partial charge in [-0.15, -0.1) is 0 Å². The molecule has 2 rings (SSSR count). The van der Waals surface area contributed by atoms with Gasteiger partial charge in [0.2, 0.25) is 0 Å². The molecule has 1 aliphatic rings. The smallest absolute Gasteiger partial charge is 0.335 e. The predicted molar refractivity (Wildman–Crippen MR) is 83.1 cm³/mol. The van der Waals surface area contributed by atoms with Gasteiger partial charge in [-0.05, 0) is 44.2 Å². The van der Waals surface area contributed by atoms with E-state index in [1.165, 1.54) is 0 Å². The van der Waals surface area contributed by atoms with Crippen molar-refractivity contribution in [2.24, 2.45) is 5.92 Å². The normalized spacial score (nSPS) is 23.2. The highest BCUT2D eigenvalue weighted by Gasteiger charge is 2.42. The third kappa shape index (κ3) is 4.88. The van der Waals surface area contributed by atoms with Crippen molar-refractivity contribution in [3.05, 3.63) is 35.4 Å². The molecule has 128 valence electrons. The fraction of sp³-hybridized carbons (Fsp3) is 0.588. The fourth-order valence-corrected chi connectivity index (χ4v) is 3.19. The maximum atomic E-state index is 12.8. The third-order valence-corrected chi connectivity index (χ3v) is 4.47. The second kappa shape index (κ2) is 7.23. The Labute approximate surface area is 134 Å². The van der Waals surface area contributed by atoms with E-state index in [9.17, 15) is 18.0 Å². The van der Waals surface area contributed by atoms with E-state index in [1.807, 2.05) is 38.1 Å². The molecule has 0 unspecified atom stereocenters. The van der Waals surface area contributed by atoms with E-state index in [0.29, 0.717) is 12.8 Å². The molecule has 1 fully saturated rings. The van der Waals surface area contributed by atoms with E-state index in [0.717, 1.165) is 11.1 Å². The van der Waals surface area contributed by atoms with Crippen molar-refractivity contribution in [1.82, 2.24) is 10.6 Å². The minimum Gasteiger partial charge on any atom is -0.335 e. The molecule has 0 aromatic heterocycles. The molecule has 0 bridgehead atoms. The van der Waals surface area contributed by atoms with Gasteiger partial charge in [-0.1, -0.05) is 30.7 Å². The minimum atomic E-state index is -4.18. The summed E-state index contributed by atoms with van der Waals surface area (Å²) >= 11 is 0. The Balaban J connectivity index is 1.88. The van der Waals surface area contributed by atoms with E-state index in [1.54, 1.807) is 0 Å². The van der Waals surface area contributed by atoms with Crippen LogP contribution in [0.3, 0.4) is 0 Å². The highest BCUT2D eigenvalue weighted by atomic mass is 19.4. The van der Waals surface area contributed by atoms with Crippen molar-refractivity contribution >= 4 is 6.03 Å². The third-order valence-electron chi connectivity index (χ3n) is 4.47. The molecule has 3 nitrogen and oxygen atoms in total. The van der Waals surface area contributed by atoms with E-state index in [4.69, 9.17) is 0 Å². The van der Waals surface area contributed by atoms with Gasteiger partial charge in [0.1, 0.15) is 0 Å². The number of hydrogen-bond acceptors (Lipinski definition) is 1. The van der Waals surface area contributed by atoms with Crippen LogP contribution >= 0.6 is 0 Å². The first-order chi connectivity index (χ1) is 10.8. The van der Waals surface area contributed by atoms with Gasteiger partial charge in [0.05, 0.1) is 12.0 Å². The Kier molecular flexibility index (Phi) is 5.55. The number of carbonyl (C=O) groups excluding carboxylic acids is 1. The van der Waals surface area contributed by atoms with Crippen molar-refractivity contribution < 1.29 is 18.0 Å². The standard InChI is InChI=1S/C17H23F3N2O/c1-11-6-3-4-9-15(11)12(2)21-16(23)22-14-8-5-7-13(10-14)17(18,19)20/h3-4,6,9,12-14H,5,7-8,10H2,1-2H3,(H2,21,22,23)/t12-,13-,14-/m0/s1. The van der Waals surface area contributed by atoms with Crippen molar-refractivity contribution in [3.8, 4) is 0 Å². The Morgan fingerprint density at radius 2 is 1.96 bits per heavy atom. The van der Waals surface area contributed by atoms with Crippen LogP contribution in [-0.2, 0) is 0 Å². The molecule has 1 aliphatic carbocycles. The Morgan fingerprint density at radius 1 is 1.26 bits per heavy atom. The van der Waals surface area contributed by atoms with E-state index < -0.39 is 24.2 Å². The molecular formula is C17H23F3N2O. The van der Waals surface area contributed by atoms with Crippen molar-refractivity contribution in [3.63, 3.8) is 0 Å². The number of halogens is 3. The van der Waals surface area contributed by atoms with Gasteiger partial charge < -0.3 is 10.6 Å². The van der Waals surface area contributed by atoms with Crippen LogP contribution in [0.5, 0.6) is 0 Å². The summed E-state index contributed by atoms with van der Waals surface area (Å²) in [6, 6.07) is 6.69. The Morgan fingerprint density at radius 3 is 2.61 bits per heavy atom. The number of hydrogen-bond donors (Lipinski definition) is 2. The molecule has 23 heavy (non-hydrogen) atoms. The van der Waals surface area contributed by atoms with Gasteiger partial charge in [-0.3, -0.25) is 0 Å². The van der Waals surface area contributed by atoms with Crippen molar-refractivity contribution in [2.45, 2.75) is 57.8 Å². The van der Waals surface area contributed by atoms with Gasteiger partial charge in [-0.2, -0.15) is 13.2 Å². The molecule has 0 saturated heterocycles. The summed E-state index contributed by atoms with van der Waals surface area (Å²) in [5, 5.41) is 5.50. The summed E-state index contributed by atoms with van der Waals surface area (Å²) in [6.45, 7) is 3.82. The molecule has 1 saturated carbocycles. The fourth-order valence-electron chi connectivity index (χ4n) is 3.19.